The molecule has 0 saturated carbocycles. The van der Waals surface area contributed by atoms with Gasteiger partial charge < -0.3 is 15.3 Å². The van der Waals surface area contributed by atoms with E-state index >= 15 is 0 Å². The monoisotopic (exact) mass is 249 g/mol. The Hall–Kier alpha value is -1.13. The highest BCUT2D eigenvalue weighted by Gasteiger charge is 2.32. The lowest BCUT2D eigenvalue weighted by atomic mass is 10.1. The predicted molar refractivity (Wildman–Crippen MR) is 73.7 cm³/mol. The number of aliphatic hydroxyl groups is 1. The zero-order valence-electron chi connectivity index (χ0n) is 11.3. The molecule has 18 heavy (non-hydrogen) atoms. The average Bonchev–Trinajstić information content (AvgIpc) is 2.71. The van der Waals surface area contributed by atoms with Gasteiger partial charge in [-0.15, -0.1) is 0 Å². The molecule has 4 nitrogen and oxygen atoms in total. The second-order valence-corrected chi connectivity index (χ2v) is 5.33. The number of nitrogens with one attached hydrogen (secondary N) is 1. The average molecular weight is 249 g/mol. The molecular weight excluding hydrogens is 226 g/mol. The van der Waals surface area contributed by atoms with Gasteiger partial charge in [0, 0.05) is 31.4 Å². The van der Waals surface area contributed by atoms with Crippen molar-refractivity contribution >= 4 is 5.82 Å². The fourth-order valence-electron chi connectivity index (χ4n) is 2.38. The Labute approximate surface area is 109 Å². The maximum absolute atomic E-state index is 10.0. The molecule has 1 saturated heterocycles. The fourth-order valence-corrected chi connectivity index (χ4v) is 2.38. The Morgan fingerprint density at radius 1 is 1.56 bits per heavy atom. The fraction of sp³-hybridized carbons (Fsp3) is 0.643. The van der Waals surface area contributed by atoms with E-state index in [-0.39, 0.29) is 0 Å². The molecule has 0 spiro atoms. The number of hydrogen-bond acceptors (Lipinski definition) is 4. The van der Waals surface area contributed by atoms with Crippen molar-refractivity contribution in [2.75, 3.05) is 24.5 Å². The normalized spacial score (nSPS) is 23.6. The molecule has 100 valence electrons. The van der Waals surface area contributed by atoms with Gasteiger partial charge in [0.15, 0.2) is 0 Å². The van der Waals surface area contributed by atoms with Crippen LogP contribution in [0.25, 0.3) is 0 Å². The zero-order chi connectivity index (χ0) is 13.0. The van der Waals surface area contributed by atoms with Crippen molar-refractivity contribution in [1.29, 1.82) is 0 Å². The summed E-state index contributed by atoms with van der Waals surface area (Å²) in [5, 5.41) is 13.5. The number of pyridine rings is 1. The summed E-state index contributed by atoms with van der Waals surface area (Å²) in [6.45, 7) is 7.47. The summed E-state index contributed by atoms with van der Waals surface area (Å²) in [5.74, 6) is 1.01. The Bertz CT molecular complexity index is 392. The Morgan fingerprint density at radius 3 is 3.06 bits per heavy atom. The molecule has 1 aliphatic heterocycles. The molecule has 4 heteroatoms. The van der Waals surface area contributed by atoms with Gasteiger partial charge in [-0.25, -0.2) is 4.98 Å². The van der Waals surface area contributed by atoms with Crippen LogP contribution in [-0.2, 0) is 6.54 Å². The van der Waals surface area contributed by atoms with Crippen LogP contribution in [0.5, 0.6) is 0 Å². The first-order valence-corrected chi connectivity index (χ1v) is 6.74. The van der Waals surface area contributed by atoms with Gasteiger partial charge >= 0.3 is 0 Å². The van der Waals surface area contributed by atoms with Crippen LogP contribution in [0.2, 0.25) is 0 Å². The standard InChI is InChI=1S/C14H23N3O/c1-3-7-15-10-12-5-4-8-16-13(12)17-9-6-14(2,18)11-17/h4-5,8,15,18H,3,6-7,9-11H2,1-2H3. The van der Waals surface area contributed by atoms with E-state index in [9.17, 15) is 5.11 Å². The highest BCUT2D eigenvalue weighted by Crippen LogP contribution is 2.27. The summed E-state index contributed by atoms with van der Waals surface area (Å²) in [6, 6.07) is 4.08. The summed E-state index contributed by atoms with van der Waals surface area (Å²) in [7, 11) is 0. The van der Waals surface area contributed by atoms with Crippen LogP contribution in [-0.4, -0.2) is 35.3 Å². The maximum atomic E-state index is 10.0. The molecule has 1 aromatic heterocycles. The molecule has 1 fully saturated rings. The van der Waals surface area contributed by atoms with E-state index in [0.717, 1.165) is 38.3 Å². The minimum absolute atomic E-state index is 0.578. The first-order chi connectivity index (χ1) is 8.62. The van der Waals surface area contributed by atoms with Gasteiger partial charge in [0.25, 0.3) is 0 Å². The summed E-state index contributed by atoms with van der Waals surface area (Å²) in [6.07, 6.45) is 3.77. The third kappa shape index (κ3) is 3.21. The van der Waals surface area contributed by atoms with Gasteiger partial charge in [-0.2, -0.15) is 0 Å². The topological polar surface area (TPSA) is 48.4 Å². The summed E-state index contributed by atoms with van der Waals surface area (Å²) >= 11 is 0. The van der Waals surface area contributed by atoms with Gasteiger partial charge in [-0.1, -0.05) is 13.0 Å². The van der Waals surface area contributed by atoms with E-state index < -0.39 is 5.60 Å². The van der Waals surface area contributed by atoms with Gasteiger partial charge in [-0.3, -0.25) is 0 Å². The van der Waals surface area contributed by atoms with Crippen molar-refractivity contribution in [3.05, 3.63) is 23.9 Å². The molecule has 2 N–H and O–H groups in total. The minimum atomic E-state index is -0.578. The first-order valence-electron chi connectivity index (χ1n) is 6.74. The Balaban J connectivity index is 2.08. The largest absolute Gasteiger partial charge is 0.388 e. The summed E-state index contributed by atoms with van der Waals surface area (Å²) in [5.41, 5.74) is 0.634. The van der Waals surface area contributed by atoms with E-state index in [2.05, 4.69) is 28.2 Å². The lowest BCUT2D eigenvalue weighted by Gasteiger charge is -2.22. The zero-order valence-corrected chi connectivity index (χ0v) is 11.3. The van der Waals surface area contributed by atoms with Crippen molar-refractivity contribution in [3.8, 4) is 0 Å². The van der Waals surface area contributed by atoms with Crippen LogP contribution in [0.3, 0.4) is 0 Å². The Morgan fingerprint density at radius 2 is 2.39 bits per heavy atom. The van der Waals surface area contributed by atoms with Crippen LogP contribution in [0.15, 0.2) is 18.3 Å². The number of β-amino-alcohol motifs (C(OH)–C–C–N with tert-alkyl or cyclic N) is 1. The summed E-state index contributed by atoms with van der Waals surface area (Å²) < 4.78 is 0. The lowest BCUT2D eigenvalue weighted by Crippen LogP contribution is -2.31. The van der Waals surface area contributed by atoms with Crippen LogP contribution in [0, 0.1) is 0 Å². The number of hydrogen-bond donors (Lipinski definition) is 2. The van der Waals surface area contributed by atoms with E-state index in [4.69, 9.17) is 0 Å². The van der Waals surface area contributed by atoms with Crippen LogP contribution in [0.4, 0.5) is 5.82 Å². The predicted octanol–water partition coefficient (Wildman–Crippen LogP) is 1.54. The first kappa shape index (κ1) is 13.3. The van der Waals surface area contributed by atoms with Crippen molar-refractivity contribution in [2.24, 2.45) is 0 Å². The van der Waals surface area contributed by atoms with Crippen molar-refractivity contribution in [3.63, 3.8) is 0 Å². The summed E-state index contributed by atoms with van der Waals surface area (Å²) in [4.78, 5) is 6.66. The molecule has 0 amide bonds. The van der Waals surface area contributed by atoms with Crippen molar-refractivity contribution in [2.45, 2.75) is 38.8 Å². The van der Waals surface area contributed by atoms with Crippen LogP contribution < -0.4 is 10.2 Å². The molecule has 0 aliphatic carbocycles. The lowest BCUT2D eigenvalue weighted by molar-refractivity contribution is 0.0839. The minimum Gasteiger partial charge on any atom is -0.388 e. The van der Waals surface area contributed by atoms with Crippen LogP contribution in [0.1, 0.15) is 32.3 Å². The smallest absolute Gasteiger partial charge is 0.133 e. The van der Waals surface area contributed by atoms with Crippen molar-refractivity contribution < 1.29 is 5.11 Å². The number of anilines is 1. The van der Waals surface area contributed by atoms with E-state index in [1.807, 2.05) is 19.2 Å². The Kier molecular flexibility index (Phi) is 4.19. The highest BCUT2D eigenvalue weighted by molar-refractivity contribution is 5.48. The maximum Gasteiger partial charge on any atom is 0.133 e. The number of rotatable bonds is 5. The third-order valence-electron chi connectivity index (χ3n) is 3.36. The van der Waals surface area contributed by atoms with Gasteiger partial charge in [0.2, 0.25) is 0 Å². The van der Waals surface area contributed by atoms with Crippen molar-refractivity contribution in [1.82, 2.24) is 10.3 Å². The van der Waals surface area contributed by atoms with Gasteiger partial charge in [0.05, 0.1) is 5.60 Å². The molecule has 0 radical (unpaired) electrons. The molecule has 1 aliphatic rings. The van der Waals surface area contributed by atoms with E-state index in [1.54, 1.807) is 0 Å². The second-order valence-electron chi connectivity index (χ2n) is 5.33. The molecular formula is C14H23N3O. The second kappa shape index (κ2) is 5.67. The quantitative estimate of drug-likeness (QED) is 0.777. The van der Waals surface area contributed by atoms with Gasteiger partial charge in [-0.05, 0) is 32.4 Å². The molecule has 0 aromatic carbocycles. The SMILES string of the molecule is CCCNCc1cccnc1N1CCC(C)(O)C1. The van der Waals surface area contributed by atoms with Gasteiger partial charge in [0.1, 0.15) is 5.82 Å². The third-order valence-corrected chi connectivity index (χ3v) is 3.36. The molecule has 2 heterocycles. The van der Waals surface area contributed by atoms with E-state index in [0.29, 0.717) is 6.54 Å². The molecule has 1 atom stereocenters. The van der Waals surface area contributed by atoms with Crippen LogP contribution >= 0.6 is 0 Å². The molecule has 1 unspecified atom stereocenters. The molecule has 1 aromatic rings. The number of nitrogens with zero attached hydrogens (tertiary/aromatic N) is 2. The molecule has 2 rings (SSSR count). The van der Waals surface area contributed by atoms with E-state index in [1.165, 1.54) is 5.56 Å². The molecule has 0 bridgehead atoms. The number of aromatic nitrogens is 1. The highest BCUT2D eigenvalue weighted by atomic mass is 16.3.